The van der Waals surface area contributed by atoms with Gasteiger partial charge in [0.25, 0.3) is 5.91 Å². The highest BCUT2D eigenvalue weighted by molar-refractivity contribution is 5.96. The van der Waals surface area contributed by atoms with Gasteiger partial charge in [0, 0.05) is 51.0 Å². The maximum Gasteiger partial charge on any atom is 0.251 e. The molecule has 0 aliphatic heterocycles. The number of anilines is 1. The third-order valence-corrected chi connectivity index (χ3v) is 4.92. The topological polar surface area (TPSA) is 63.2 Å². The van der Waals surface area contributed by atoms with Gasteiger partial charge in [0.1, 0.15) is 29.0 Å². The lowest BCUT2D eigenvalue weighted by molar-refractivity contribution is 0.0950. The SMILES string of the molecule is CC.Cc1c(Oc2ccnc(NC3=CC=CC3)c2)cccc1C(=O)NCc1cc(F)cc(F)c1.[HH].[HH]. The average molecular weight is 468 g/mol. The fourth-order valence-corrected chi connectivity index (χ4v) is 3.34. The van der Waals surface area contributed by atoms with Gasteiger partial charge >= 0.3 is 0 Å². The summed E-state index contributed by atoms with van der Waals surface area (Å²) in [6.45, 7) is 5.78. The first kappa shape index (κ1) is 24.6. The van der Waals surface area contributed by atoms with Crippen molar-refractivity contribution in [3.63, 3.8) is 0 Å². The number of benzene rings is 2. The van der Waals surface area contributed by atoms with Crippen molar-refractivity contribution < 1.29 is 21.2 Å². The molecule has 1 aliphatic rings. The summed E-state index contributed by atoms with van der Waals surface area (Å²) >= 11 is 0. The highest BCUT2D eigenvalue weighted by Gasteiger charge is 2.14. The molecule has 1 aromatic heterocycles. The van der Waals surface area contributed by atoms with Gasteiger partial charge in [-0.3, -0.25) is 4.79 Å². The second-order valence-corrected chi connectivity index (χ2v) is 7.32. The quantitative estimate of drug-likeness (QED) is 0.387. The van der Waals surface area contributed by atoms with Crippen molar-refractivity contribution in [1.82, 2.24) is 10.3 Å². The number of hydrogen-bond donors (Lipinski definition) is 2. The average Bonchev–Trinajstić information content (AvgIpc) is 3.33. The molecular formula is C27H31F2N3O2. The molecule has 0 fully saturated rings. The van der Waals surface area contributed by atoms with Crippen molar-refractivity contribution in [2.24, 2.45) is 0 Å². The molecule has 0 spiro atoms. The molecule has 0 unspecified atom stereocenters. The van der Waals surface area contributed by atoms with Crippen LogP contribution in [0.5, 0.6) is 11.5 Å². The van der Waals surface area contributed by atoms with Gasteiger partial charge in [0.15, 0.2) is 0 Å². The summed E-state index contributed by atoms with van der Waals surface area (Å²) in [6, 6.07) is 11.8. The maximum absolute atomic E-state index is 13.4. The zero-order valence-corrected chi connectivity index (χ0v) is 19.4. The maximum atomic E-state index is 13.4. The number of carbonyl (C=O) groups excluding carboxylic acids is 1. The third kappa shape index (κ3) is 6.51. The Morgan fingerprint density at radius 3 is 2.59 bits per heavy atom. The predicted molar refractivity (Wildman–Crippen MR) is 134 cm³/mol. The molecule has 0 saturated heterocycles. The summed E-state index contributed by atoms with van der Waals surface area (Å²) in [5.74, 6) is 0.0139. The monoisotopic (exact) mass is 467 g/mol. The molecule has 180 valence electrons. The summed E-state index contributed by atoms with van der Waals surface area (Å²) in [4.78, 5) is 17.0. The van der Waals surface area contributed by atoms with Gasteiger partial charge in [-0.05, 0) is 48.9 Å². The Bertz CT molecular complexity index is 1210. The van der Waals surface area contributed by atoms with E-state index in [0.29, 0.717) is 34.0 Å². The van der Waals surface area contributed by atoms with Gasteiger partial charge in [-0.1, -0.05) is 32.1 Å². The number of hydrogen-bond acceptors (Lipinski definition) is 4. The van der Waals surface area contributed by atoms with Gasteiger partial charge in [-0.15, -0.1) is 0 Å². The Morgan fingerprint density at radius 1 is 1.12 bits per heavy atom. The lowest BCUT2D eigenvalue weighted by atomic mass is 10.1. The van der Waals surface area contributed by atoms with Crippen LogP contribution in [0.3, 0.4) is 0 Å². The lowest BCUT2D eigenvalue weighted by Crippen LogP contribution is -2.23. The smallest absolute Gasteiger partial charge is 0.251 e. The molecule has 34 heavy (non-hydrogen) atoms. The molecule has 4 rings (SSSR count). The van der Waals surface area contributed by atoms with Crippen molar-refractivity contribution in [3.05, 3.63) is 107 Å². The van der Waals surface area contributed by atoms with Gasteiger partial charge in [0.2, 0.25) is 0 Å². The first-order valence-corrected chi connectivity index (χ1v) is 11.1. The Morgan fingerprint density at radius 2 is 1.88 bits per heavy atom. The van der Waals surface area contributed by atoms with Crippen LogP contribution in [0.1, 0.15) is 44.6 Å². The normalized spacial score (nSPS) is 11.9. The number of pyridine rings is 1. The second-order valence-electron chi connectivity index (χ2n) is 7.32. The standard InChI is InChI=1S/C25H21F2N3O2.C2H6.2H2/c1-16-22(25(31)29-15-17-11-18(26)13-19(27)12-17)7-4-8-23(16)32-21-9-10-28-24(14-21)30-20-5-2-3-6-20;1-2;;/h2-5,7-14H,6,15H2,1H3,(H,28,30)(H,29,31);1-2H3;2*1H. The molecule has 5 nitrogen and oxygen atoms in total. The first-order chi connectivity index (χ1) is 16.5. The minimum absolute atomic E-state index is 0. The number of aromatic nitrogens is 1. The fraction of sp³-hybridized carbons (Fsp3) is 0.185. The molecule has 0 bridgehead atoms. The minimum atomic E-state index is -0.687. The van der Waals surface area contributed by atoms with Crippen LogP contribution in [0.4, 0.5) is 14.6 Å². The van der Waals surface area contributed by atoms with Gasteiger partial charge in [-0.2, -0.15) is 0 Å². The Kier molecular flexibility index (Phi) is 8.51. The largest absolute Gasteiger partial charge is 0.457 e. The van der Waals surface area contributed by atoms with Crippen molar-refractivity contribution in [3.8, 4) is 11.5 Å². The predicted octanol–water partition coefficient (Wildman–Crippen LogP) is 7.16. The highest BCUT2D eigenvalue weighted by Crippen LogP contribution is 2.28. The summed E-state index contributed by atoms with van der Waals surface area (Å²) in [5, 5.41) is 5.93. The van der Waals surface area contributed by atoms with E-state index in [2.05, 4.69) is 15.6 Å². The zero-order valence-electron chi connectivity index (χ0n) is 19.4. The van der Waals surface area contributed by atoms with E-state index in [1.807, 2.05) is 32.1 Å². The van der Waals surface area contributed by atoms with Crippen LogP contribution in [-0.2, 0) is 6.54 Å². The van der Waals surface area contributed by atoms with E-state index in [1.54, 1.807) is 43.5 Å². The molecule has 3 aromatic rings. The summed E-state index contributed by atoms with van der Waals surface area (Å²) in [5.41, 5.74) is 2.44. The third-order valence-electron chi connectivity index (χ3n) is 4.92. The summed E-state index contributed by atoms with van der Waals surface area (Å²) in [6.07, 6.45) is 8.48. The van der Waals surface area contributed by atoms with Crippen molar-refractivity contribution in [2.45, 2.75) is 33.7 Å². The minimum Gasteiger partial charge on any atom is -0.457 e. The molecule has 0 atom stereocenters. The van der Waals surface area contributed by atoms with Crippen LogP contribution >= 0.6 is 0 Å². The van der Waals surface area contributed by atoms with Crippen molar-refractivity contribution in [2.75, 3.05) is 5.32 Å². The Hall–Kier alpha value is -4.00. The second kappa shape index (κ2) is 11.7. The Labute approximate surface area is 201 Å². The number of nitrogens with zero attached hydrogens (tertiary/aromatic N) is 1. The number of halogens is 2. The molecule has 7 heteroatoms. The zero-order chi connectivity index (χ0) is 24.5. The fourth-order valence-electron chi connectivity index (χ4n) is 3.34. The summed E-state index contributed by atoms with van der Waals surface area (Å²) in [7, 11) is 0. The van der Waals surface area contributed by atoms with Crippen LogP contribution in [0.2, 0.25) is 0 Å². The first-order valence-electron chi connectivity index (χ1n) is 11.1. The van der Waals surface area contributed by atoms with Gasteiger partial charge < -0.3 is 15.4 Å². The van der Waals surface area contributed by atoms with Crippen LogP contribution < -0.4 is 15.4 Å². The van der Waals surface area contributed by atoms with Crippen molar-refractivity contribution in [1.29, 1.82) is 0 Å². The molecule has 0 saturated carbocycles. The molecular weight excluding hydrogens is 436 g/mol. The number of ether oxygens (including phenoxy) is 1. The van der Waals surface area contributed by atoms with Crippen LogP contribution in [0.15, 0.2) is 78.7 Å². The molecule has 0 radical (unpaired) electrons. The number of carbonyl (C=O) groups is 1. The van der Waals surface area contributed by atoms with Crippen LogP contribution in [0, 0.1) is 18.6 Å². The number of amides is 1. The molecule has 2 aromatic carbocycles. The van der Waals surface area contributed by atoms with Crippen LogP contribution in [0.25, 0.3) is 0 Å². The molecule has 1 amide bonds. The van der Waals surface area contributed by atoms with Crippen LogP contribution in [-0.4, -0.2) is 10.9 Å². The van der Waals surface area contributed by atoms with E-state index >= 15 is 0 Å². The highest BCUT2D eigenvalue weighted by atomic mass is 19.1. The summed E-state index contributed by atoms with van der Waals surface area (Å²) < 4.78 is 32.7. The molecule has 1 aliphatic carbocycles. The van der Waals surface area contributed by atoms with Gasteiger partial charge in [-0.25, -0.2) is 13.8 Å². The number of allylic oxidation sites excluding steroid dienone is 3. The van der Waals surface area contributed by atoms with E-state index < -0.39 is 11.6 Å². The Balaban J connectivity index is 0.00000158. The number of rotatable bonds is 7. The van der Waals surface area contributed by atoms with E-state index in [0.717, 1.165) is 18.2 Å². The van der Waals surface area contributed by atoms with Crippen molar-refractivity contribution >= 4 is 11.7 Å². The molecule has 1 heterocycles. The molecule has 2 N–H and O–H groups in total. The van der Waals surface area contributed by atoms with Gasteiger partial charge in [0.05, 0.1) is 0 Å². The number of nitrogens with one attached hydrogen (secondary N) is 2. The van der Waals surface area contributed by atoms with E-state index in [1.165, 1.54) is 12.1 Å². The van der Waals surface area contributed by atoms with E-state index in [4.69, 9.17) is 4.74 Å². The lowest BCUT2D eigenvalue weighted by Gasteiger charge is -2.14. The van der Waals surface area contributed by atoms with E-state index in [9.17, 15) is 13.6 Å². The van der Waals surface area contributed by atoms with E-state index in [-0.39, 0.29) is 15.3 Å².